The predicted octanol–water partition coefficient (Wildman–Crippen LogP) is 4.24. The normalized spacial score (nSPS) is 18.5. The van der Waals surface area contributed by atoms with Gasteiger partial charge in [0.05, 0.1) is 0 Å². The second-order valence-electron chi connectivity index (χ2n) is 6.99. The van der Waals surface area contributed by atoms with Gasteiger partial charge in [-0.15, -0.1) is 0 Å². The molecule has 1 unspecified atom stereocenters. The van der Waals surface area contributed by atoms with E-state index in [9.17, 15) is 14.3 Å². The van der Waals surface area contributed by atoms with Crippen LogP contribution in [0.3, 0.4) is 0 Å². The highest BCUT2D eigenvalue weighted by molar-refractivity contribution is 5.66. The quantitative estimate of drug-likeness (QED) is 0.902. The zero-order valence-electron chi connectivity index (χ0n) is 14.0. The predicted molar refractivity (Wildman–Crippen MR) is 88.7 cm³/mol. The second kappa shape index (κ2) is 7.02. The van der Waals surface area contributed by atoms with Gasteiger partial charge in [-0.3, -0.25) is 0 Å². The van der Waals surface area contributed by atoms with Crippen LogP contribution in [0.1, 0.15) is 39.2 Å². The van der Waals surface area contributed by atoms with Crippen LogP contribution in [0.4, 0.5) is 9.18 Å². The number of nitrogens with zero attached hydrogens (tertiary/aromatic N) is 2. The van der Waals surface area contributed by atoms with E-state index in [0.29, 0.717) is 25.9 Å². The van der Waals surface area contributed by atoms with Gasteiger partial charge in [-0.05, 0) is 32.8 Å². The van der Waals surface area contributed by atoms with Crippen molar-refractivity contribution in [2.45, 2.75) is 51.7 Å². The zero-order chi connectivity index (χ0) is 17.0. The molecule has 1 atom stereocenters. The van der Waals surface area contributed by atoms with E-state index < -0.39 is 11.6 Å². The summed E-state index contributed by atoms with van der Waals surface area (Å²) in [5.74, 6) is -0.144. The van der Waals surface area contributed by atoms with Gasteiger partial charge in [0.25, 0.3) is 0 Å². The Bertz CT molecular complexity index is 566. The molecule has 5 heteroatoms. The molecule has 23 heavy (non-hydrogen) atoms. The Balaban J connectivity index is 2.16. The fraction of sp³-hybridized carbons (Fsp3) is 0.500. The highest BCUT2D eigenvalue weighted by atomic mass is 19.1. The molecule has 1 heterocycles. The summed E-state index contributed by atoms with van der Waals surface area (Å²) < 4.78 is 13.7. The van der Waals surface area contributed by atoms with Crippen LogP contribution in [0.25, 0.3) is 0 Å². The number of benzene rings is 1. The van der Waals surface area contributed by atoms with Crippen molar-refractivity contribution in [1.29, 1.82) is 0 Å². The van der Waals surface area contributed by atoms with Gasteiger partial charge >= 0.3 is 6.09 Å². The van der Waals surface area contributed by atoms with E-state index in [-0.39, 0.29) is 11.9 Å². The average molecular weight is 320 g/mol. The van der Waals surface area contributed by atoms with Crippen molar-refractivity contribution in [1.82, 2.24) is 9.80 Å². The third-order valence-corrected chi connectivity index (χ3v) is 4.13. The Morgan fingerprint density at radius 2 is 2.00 bits per heavy atom. The SMILES string of the molecule is CC(C)(C)N(CC1CCC(F)=CN1Cc1ccccc1)C(=O)O. The fourth-order valence-corrected chi connectivity index (χ4v) is 2.83. The molecule has 0 fully saturated rings. The first kappa shape index (κ1) is 17.3. The summed E-state index contributed by atoms with van der Waals surface area (Å²) in [5.41, 5.74) is 0.602. The molecule has 2 rings (SSSR count). The lowest BCUT2D eigenvalue weighted by Crippen LogP contribution is -2.52. The number of carbonyl (C=O) groups is 1. The lowest BCUT2D eigenvalue weighted by atomic mass is 10.0. The first-order valence-corrected chi connectivity index (χ1v) is 7.94. The molecule has 1 aromatic carbocycles. The number of carboxylic acid groups (broad SMARTS) is 1. The van der Waals surface area contributed by atoms with Crippen molar-refractivity contribution in [3.05, 3.63) is 47.9 Å². The second-order valence-corrected chi connectivity index (χ2v) is 6.99. The van der Waals surface area contributed by atoms with Gasteiger partial charge in [0.15, 0.2) is 0 Å². The number of allylic oxidation sites excluding steroid dienone is 1. The Morgan fingerprint density at radius 1 is 1.35 bits per heavy atom. The number of halogens is 1. The molecule has 1 aliphatic heterocycles. The van der Waals surface area contributed by atoms with Crippen LogP contribution in [0, 0.1) is 0 Å². The summed E-state index contributed by atoms with van der Waals surface area (Å²) in [6.45, 7) is 6.58. The maximum atomic E-state index is 13.7. The summed E-state index contributed by atoms with van der Waals surface area (Å²) >= 11 is 0. The third-order valence-electron chi connectivity index (χ3n) is 4.13. The topological polar surface area (TPSA) is 43.8 Å². The lowest BCUT2D eigenvalue weighted by molar-refractivity contribution is 0.0734. The van der Waals surface area contributed by atoms with Crippen molar-refractivity contribution < 1.29 is 14.3 Å². The molecule has 0 bridgehead atoms. The standard InChI is InChI=1S/C18H25FN2O2/c1-18(2,3)21(17(22)23)13-16-10-9-15(19)12-20(16)11-14-7-5-4-6-8-14/h4-8,12,16H,9-11,13H2,1-3H3,(H,22,23). The lowest BCUT2D eigenvalue weighted by Gasteiger charge is -2.41. The largest absolute Gasteiger partial charge is 0.465 e. The molecule has 0 radical (unpaired) electrons. The molecule has 0 saturated heterocycles. The van der Waals surface area contributed by atoms with E-state index in [1.165, 1.54) is 11.1 Å². The smallest absolute Gasteiger partial charge is 0.407 e. The van der Waals surface area contributed by atoms with Crippen LogP contribution in [-0.2, 0) is 6.54 Å². The van der Waals surface area contributed by atoms with Crippen LogP contribution in [0.5, 0.6) is 0 Å². The summed E-state index contributed by atoms with van der Waals surface area (Å²) in [5, 5.41) is 9.49. The van der Waals surface area contributed by atoms with Gasteiger partial charge in [-0.25, -0.2) is 9.18 Å². The molecule has 0 saturated carbocycles. The molecule has 0 spiro atoms. The van der Waals surface area contributed by atoms with Gasteiger partial charge < -0.3 is 14.9 Å². The zero-order valence-corrected chi connectivity index (χ0v) is 14.0. The van der Waals surface area contributed by atoms with Crippen molar-refractivity contribution in [3.63, 3.8) is 0 Å². The van der Waals surface area contributed by atoms with Crippen LogP contribution >= 0.6 is 0 Å². The number of amides is 1. The fourth-order valence-electron chi connectivity index (χ4n) is 2.83. The van der Waals surface area contributed by atoms with E-state index in [2.05, 4.69) is 0 Å². The van der Waals surface area contributed by atoms with Crippen LogP contribution in [0.15, 0.2) is 42.4 Å². The minimum Gasteiger partial charge on any atom is -0.465 e. The molecular weight excluding hydrogens is 295 g/mol. The molecule has 0 aromatic heterocycles. The summed E-state index contributed by atoms with van der Waals surface area (Å²) in [6.07, 6.45) is 1.58. The van der Waals surface area contributed by atoms with Gasteiger partial charge in [-0.2, -0.15) is 0 Å². The molecule has 1 amide bonds. The number of hydrogen-bond donors (Lipinski definition) is 1. The Hall–Kier alpha value is -2.04. The monoisotopic (exact) mass is 320 g/mol. The van der Waals surface area contributed by atoms with Gasteiger partial charge in [0.1, 0.15) is 5.83 Å². The average Bonchev–Trinajstić information content (AvgIpc) is 2.46. The molecule has 0 aliphatic carbocycles. The van der Waals surface area contributed by atoms with Crippen LogP contribution < -0.4 is 0 Å². The summed E-state index contributed by atoms with van der Waals surface area (Å²) in [6, 6.07) is 9.82. The maximum Gasteiger partial charge on any atom is 0.407 e. The van der Waals surface area contributed by atoms with Crippen molar-refractivity contribution in [2.24, 2.45) is 0 Å². The Labute approximate surface area is 137 Å². The summed E-state index contributed by atoms with van der Waals surface area (Å²) in [4.78, 5) is 14.9. The van der Waals surface area contributed by atoms with E-state index in [1.54, 1.807) is 0 Å². The highest BCUT2D eigenvalue weighted by Crippen LogP contribution is 2.26. The molecule has 1 aromatic rings. The Kier molecular flexibility index (Phi) is 5.29. The minimum absolute atomic E-state index is 0.0231. The van der Waals surface area contributed by atoms with E-state index in [1.807, 2.05) is 56.0 Å². The highest BCUT2D eigenvalue weighted by Gasteiger charge is 2.32. The van der Waals surface area contributed by atoms with Gasteiger partial charge in [-0.1, -0.05) is 30.3 Å². The van der Waals surface area contributed by atoms with Crippen LogP contribution in [-0.4, -0.2) is 39.1 Å². The summed E-state index contributed by atoms with van der Waals surface area (Å²) in [7, 11) is 0. The van der Waals surface area contributed by atoms with Gasteiger partial charge in [0, 0.05) is 37.3 Å². The van der Waals surface area contributed by atoms with Crippen molar-refractivity contribution in [2.75, 3.05) is 6.54 Å². The number of rotatable bonds is 4. The molecule has 4 nitrogen and oxygen atoms in total. The first-order valence-electron chi connectivity index (χ1n) is 7.94. The molecular formula is C18H25FN2O2. The van der Waals surface area contributed by atoms with E-state index >= 15 is 0 Å². The van der Waals surface area contributed by atoms with E-state index in [0.717, 1.165) is 5.56 Å². The molecule has 126 valence electrons. The van der Waals surface area contributed by atoms with E-state index in [4.69, 9.17) is 0 Å². The molecule has 1 aliphatic rings. The minimum atomic E-state index is -0.938. The molecule has 1 N–H and O–H groups in total. The Morgan fingerprint density at radius 3 is 2.57 bits per heavy atom. The first-order chi connectivity index (χ1) is 10.8. The maximum absolute atomic E-state index is 13.7. The third kappa shape index (κ3) is 4.71. The van der Waals surface area contributed by atoms with Gasteiger partial charge in [0.2, 0.25) is 0 Å². The number of hydrogen-bond acceptors (Lipinski definition) is 2. The van der Waals surface area contributed by atoms with Crippen molar-refractivity contribution >= 4 is 6.09 Å². The van der Waals surface area contributed by atoms with Crippen LogP contribution in [0.2, 0.25) is 0 Å². The van der Waals surface area contributed by atoms with Crippen molar-refractivity contribution in [3.8, 4) is 0 Å².